The van der Waals surface area contributed by atoms with Gasteiger partial charge in [0.2, 0.25) is 0 Å². The Bertz CT molecular complexity index is 180. The van der Waals surface area contributed by atoms with Crippen molar-refractivity contribution in [2.45, 2.75) is 32.7 Å². The predicted octanol–water partition coefficient (Wildman–Crippen LogP) is 1.18. The predicted molar refractivity (Wildman–Crippen MR) is 51.4 cm³/mol. The van der Waals surface area contributed by atoms with Crippen molar-refractivity contribution < 1.29 is 9.53 Å². The summed E-state index contributed by atoms with van der Waals surface area (Å²) in [7, 11) is 1.47. The zero-order chi connectivity index (χ0) is 9.84. The summed E-state index contributed by atoms with van der Waals surface area (Å²) in [6.45, 7) is 5.29. The summed E-state index contributed by atoms with van der Waals surface area (Å²) in [5, 5.41) is 3.35. The van der Waals surface area contributed by atoms with Gasteiger partial charge in [-0.2, -0.15) is 0 Å². The van der Waals surface area contributed by atoms with Gasteiger partial charge in [0, 0.05) is 6.04 Å². The highest BCUT2D eigenvalue weighted by Crippen LogP contribution is 2.22. The summed E-state index contributed by atoms with van der Waals surface area (Å²) < 4.78 is 4.77. The summed E-state index contributed by atoms with van der Waals surface area (Å²) in [6, 6.07) is 0.326. The van der Waals surface area contributed by atoms with Crippen LogP contribution in [0.15, 0.2) is 0 Å². The molecule has 1 saturated heterocycles. The number of carbonyl (C=O) groups is 1. The maximum atomic E-state index is 11.3. The molecule has 0 radical (unpaired) electrons. The van der Waals surface area contributed by atoms with Crippen LogP contribution < -0.4 is 5.32 Å². The van der Waals surface area contributed by atoms with Crippen LogP contribution in [0.25, 0.3) is 0 Å². The van der Waals surface area contributed by atoms with E-state index in [1.165, 1.54) is 7.11 Å². The first kappa shape index (κ1) is 10.5. The van der Waals surface area contributed by atoms with Crippen molar-refractivity contribution in [1.82, 2.24) is 5.32 Å². The third-order valence-electron chi connectivity index (χ3n) is 2.58. The summed E-state index contributed by atoms with van der Waals surface area (Å²) in [5.74, 6) is 0.644. The Balaban J connectivity index is 2.48. The lowest BCUT2D eigenvalue weighted by Crippen LogP contribution is -2.33. The third-order valence-corrected chi connectivity index (χ3v) is 2.58. The van der Waals surface area contributed by atoms with E-state index in [4.69, 9.17) is 4.74 Å². The number of nitrogens with one attached hydrogen (secondary N) is 1. The van der Waals surface area contributed by atoms with E-state index in [9.17, 15) is 4.79 Å². The summed E-state index contributed by atoms with van der Waals surface area (Å²) in [5.41, 5.74) is 0. The van der Waals surface area contributed by atoms with Gasteiger partial charge >= 0.3 is 5.97 Å². The average molecular weight is 185 g/mol. The van der Waals surface area contributed by atoms with Gasteiger partial charge < -0.3 is 10.1 Å². The standard InChI is InChI=1S/C10H19NO2/c1-7(2)6-9-8(4-5-11-9)10(12)13-3/h7-9,11H,4-6H2,1-3H3. The Morgan fingerprint density at radius 1 is 1.62 bits per heavy atom. The minimum Gasteiger partial charge on any atom is -0.469 e. The molecule has 0 aromatic rings. The van der Waals surface area contributed by atoms with Crippen molar-refractivity contribution in [3.63, 3.8) is 0 Å². The Hall–Kier alpha value is -0.570. The van der Waals surface area contributed by atoms with Crippen molar-refractivity contribution in [1.29, 1.82) is 0 Å². The van der Waals surface area contributed by atoms with E-state index in [1.807, 2.05) is 0 Å². The van der Waals surface area contributed by atoms with Gasteiger partial charge in [0.05, 0.1) is 13.0 Å². The van der Waals surface area contributed by atoms with Crippen molar-refractivity contribution in [3.05, 3.63) is 0 Å². The topological polar surface area (TPSA) is 38.3 Å². The fourth-order valence-electron chi connectivity index (χ4n) is 1.96. The van der Waals surface area contributed by atoms with E-state index in [0.29, 0.717) is 12.0 Å². The van der Waals surface area contributed by atoms with E-state index in [1.54, 1.807) is 0 Å². The normalized spacial score (nSPS) is 28.0. The molecule has 1 aliphatic heterocycles. The van der Waals surface area contributed by atoms with E-state index in [-0.39, 0.29) is 11.9 Å². The lowest BCUT2D eigenvalue weighted by molar-refractivity contribution is -0.145. The monoisotopic (exact) mass is 185 g/mol. The molecular weight excluding hydrogens is 166 g/mol. The smallest absolute Gasteiger partial charge is 0.310 e. The highest BCUT2D eigenvalue weighted by molar-refractivity contribution is 5.73. The minimum atomic E-state index is -0.0596. The lowest BCUT2D eigenvalue weighted by atomic mass is 9.93. The van der Waals surface area contributed by atoms with Gasteiger partial charge in [-0.25, -0.2) is 0 Å². The first-order chi connectivity index (χ1) is 6.15. The second-order valence-electron chi connectivity index (χ2n) is 4.11. The highest BCUT2D eigenvalue weighted by atomic mass is 16.5. The molecule has 1 heterocycles. The zero-order valence-corrected chi connectivity index (χ0v) is 8.67. The Morgan fingerprint density at radius 2 is 2.31 bits per heavy atom. The van der Waals surface area contributed by atoms with Gasteiger partial charge in [-0.15, -0.1) is 0 Å². The average Bonchev–Trinajstić information content (AvgIpc) is 2.50. The van der Waals surface area contributed by atoms with Crippen LogP contribution in [0.2, 0.25) is 0 Å². The van der Waals surface area contributed by atoms with Crippen LogP contribution in [0.4, 0.5) is 0 Å². The molecule has 0 bridgehead atoms. The number of carbonyl (C=O) groups excluding carboxylic acids is 1. The molecule has 3 heteroatoms. The molecule has 0 saturated carbocycles. The maximum Gasteiger partial charge on any atom is 0.310 e. The second kappa shape index (κ2) is 4.61. The molecule has 1 fully saturated rings. The van der Waals surface area contributed by atoms with Gasteiger partial charge in [-0.1, -0.05) is 13.8 Å². The molecule has 0 spiro atoms. The van der Waals surface area contributed by atoms with Crippen molar-refractivity contribution in [2.75, 3.05) is 13.7 Å². The number of methoxy groups -OCH3 is 1. The first-order valence-electron chi connectivity index (χ1n) is 4.96. The number of rotatable bonds is 3. The number of hydrogen-bond acceptors (Lipinski definition) is 3. The van der Waals surface area contributed by atoms with Crippen molar-refractivity contribution in [3.8, 4) is 0 Å². The van der Waals surface area contributed by atoms with E-state index in [0.717, 1.165) is 19.4 Å². The van der Waals surface area contributed by atoms with E-state index >= 15 is 0 Å². The molecular formula is C10H19NO2. The summed E-state index contributed by atoms with van der Waals surface area (Å²) in [4.78, 5) is 11.3. The van der Waals surface area contributed by atoms with Crippen LogP contribution in [0.3, 0.4) is 0 Å². The van der Waals surface area contributed by atoms with Gasteiger partial charge in [0.25, 0.3) is 0 Å². The van der Waals surface area contributed by atoms with Crippen LogP contribution in [0.1, 0.15) is 26.7 Å². The van der Waals surface area contributed by atoms with Crippen LogP contribution in [0.5, 0.6) is 0 Å². The van der Waals surface area contributed by atoms with Crippen molar-refractivity contribution >= 4 is 5.97 Å². The molecule has 2 atom stereocenters. The largest absolute Gasteiger partial charge is 0.469 e. The van der Waals surface area contributed by atoms with Crippen LogP contribution in [-0.4, -0.2) is 25.7 Å². The Labute approximate surface area is 79.8 Å². The molecule has 3 nitrogen and oxygen atoms in total. The fraction of sp³-hybridized carbons (Fsp3) is 0.900. The molecule has 0 amide bonds. The fourth-order valence-corrected chi connectivity index (χ4v) is 1.96. The lowest BCUT2D eigenvalue weighted by Gasteiger charge is -2.19. The SMILES string of the molecule is COC(=O)C1CCNC1CC(C)C. The Morgan fingerprint density at radius 3 is 2.85 bits per heavy atom. The van der Waals surface area contributed by atoms with Crippen LogP contribution in [-0.2, 0) is 9.53 Å². The quantitative estimate of drug-likeness (QED) is 0.671. The molecule has 1 aliphatic rings. The third kappa shape index (κ3) is 2.69. The molecule has 2 unspecified atom stereocenters. The molecule has 76 valence electrons. The molecule has 0 aromatic heterocycles. The zero-order valence-electron chi connectivity index (χ0n) is 8.67. The number of ether oxygens (including phenoxy) is 1. The molecule has 0 aliphatic carbocycles. The summed E-state index contributed by atoms with van der Waals surface area (Å²) >= 11 is 0. The summed E-state index contributed by atoms with van der Waals surface area (Å²) in [6.07, 6.45) is 1.98. The highest BCUT2D eigenvalue weighted by Gasteiger charge is 2.33. The number of esters is 1. The second-order valence-corrected chi connectivity index (χ2v) is 4.11. The van der Waals surface area contributed by atoms with Crippen molar-refractivity contribution in [2.24, 2.45) is 11.8 Å². The van der Waals surface area contributed by atoms with Gasteiger partial charge in [-0.3, -0.25) is 4.79 Å². The molecule has 0 aromatic carbocycles. The van der Waals surface area contributed by atoms with E-state index in [2.05, 4.69) is 19.2 Å². The first-order valence-corrected chi connectivity index (χ1v) is 4.96. The van der Waals surface area contributed by atoms with Crippen LogP contribution in [0, 0.1) is 11.8 Å². The Kier molecular flexibility index (Phi) is 3.72. The molecule has 13 heavy (non-hydrogen) atoms. The minimum absolute atomic E-state index is 0.0596. The van der Waals surface area contributed by atoms with Crippen LogP contribution >= 0.6 is 0 Å². The maximum absolute atomic E-state index is 11.3. The molecule has 1 N–H and O–H groups in total. The van der Waals surface area contributed by atoms with Gasteiger partial charge in [-0.05, 0) is 25.3 Å². The molecule has 1 rings (SSSR count). The number of hydrogen-bond donors (Lipinski definition) is 1. The van der Waals surface area contributed by atoms with Gasteiger partial charge in [0.15, 0.2) is 0 Å². The van der Waals surface area contributed by atoms with E-state index < -0.39 is 0 Å². The van der Waals surface area contributed by atoms with Gasteiger partial charge in [0.1, 0.15) is 0 Å².